The minimum atomic E-state index is -0.790. The van der Waals surface area contributed by atoms with Crippen molar-refractivity contribution < 1.29 is 14.6 Å². The van der Waals surface area contributed by atoms with Gasteiger partial charge in [-0.3, -0.25) is 0 Å². The Morgan fingerprint density at radius 1 is 1.41 bits per heavy atom. The Labute approximate surface area is 103 Å². The quantitative estimate of drug-likeness (QED) is 0.467. The van der Waals surface area contributed by atoms with Gasteiger partial charge < -0.3 is 9.84 Å². The molecule has 0 radical (unpaired) electrons. The van der Waals surface area contributed by atoms with Crippen LogP contribution in [0.5, 0.6) is 0 Å². The predicted molar refractivity (Wildman–Crippen MR) is 67.5 cm³/mol. The summed E-state index contributed by atoms with van der Waals surface area (Å²) in [6, 6.07) is 0. The lowest BCUT2D eigenvalue weighted by Crippen LogP contribution is -2.48. The SMILES string of the molecule is C=C(C)C(=O)OC1(C)CCC(C(=C)C)CC1O. The maximum atomic E-state index is 11.5. The smallest absolute Gasteiger partial charge is 0.333 e. The summed E-state index contributed by atoms with van der Waals surface area (Å²) in [5.74, 6) is -0.109. The molecule has 0 amide bonds. The van der Waals surface area contributed by atoms with Gasteiger partial charge in [-0.1, -0.05) is 18.7 Å². The summed E-state index contributed by atoms with van der Waals surface area (Å²) in [6.07, 6.45) is 1.52. The predicted octanol–water partition coefficient (Wildman–Crippen LogP) is 2.60. The van der Waals surface area contributed by atoms with E-state index in [1.54, 1.807) is 13.8 Å². The second-order valence-corrected chi connectivity index (χ2v) is 5.32. The van der Waals surface area contributed by atoms with Crippen LogP contribution in [-0.4, -0.2) is 22.8 Å². The molecule has 1 rings (SSSR count). The van der Waals surface area contributed by atoms with E-state index < -0.39 is 17.7 Å². The molecule has 1 saturated carbocycles. The third-order valence-electron chi connectivity index (χ3n) is 3.57. The third-order valence-corrected chi connectivity index (χ3v) is 3.57. The van der Waals surface area contributed by atoms with Crippen molar-refractivity contribution in [2.45, 2.75) is 51.7 Å². The molecule has 0 saturated heterocycles. The average molecular weight is 238 g/mol. The Hall–Kier alpha value is -1.09. The van der Waals surface area contributed by atoms with Gasteiger partial charge in [0.1, 0.15) is 5.60 Å². The maximum absolute atomic E-state index is 11.5. The van der Waals surface area contributed by atoms with Crippen molar-refractivity contribution >= 4 is 5.97 Å². The van der Waals surface area contributed by atoms with Gasteiger partial charge in [-0.05, 0) is 46.0 Å². The molecule has 1 aliphatic carbocycles. The van der Waals surface area contributed by atoms with E-state index in [1.807, 2.05) is 6.92 Å². The van der Waals surface area contributed by atoms with Crippen molar-refractivity contribution in [1.29, 1.82) is 0 Å². The van der Waals surface area contributed by atoms with E-state index in [0.29, 0.717) is 24.3 Å². The number of hydrogen-bond donors (Lipinski definition) is 1. The number of ether oxygens (including phenoxy) is 1. The maximum Gasteiger partial charge on any atom is 0.333 e. The topological polar surface area (TPSA) is 46.5 Å². The molecule has 1 fully saturated rings. The van der Waals surface area contributed by atoms with Crippen molar-refractivity contribution in [3.63, 3.8) is 0 Å². The molecule has 0 aliphatic heterocycles. The molecule has 1 N–H and O–H groups in total. The van der Waals surface area contributed by atoms with Crippen molar-refractivity contribution in [1.82, 2.24) is 0 Å². The minimum Gasteiger partial charge on any atom is -0.453 e. The summed E-state index contributed by atoms with van der Waals surface area (Å²) in [4.78, 5) is 11.5. The molecule has 3 heteroatoms. The molecular weight excluding hydrogens is 216 g/mol. The first-order chi connectivity index (χ1) is 7.76. The van der Waals surface area contributed by atoms with Gasteiger partial charge in [-0.2, -0.15) is 0 Å². The fourth-order valence-electron chi connectivity index (χ4n) is 2.13. The molecule has 17 heavy (non-hydrogen) atoms. The second-order valence-electron chi connectivity index (χ2n) is 5.32. The number of carbonyl (C=O) groups is 1. The summed E-state index contributed by atoms with van der Waals surface area (Å²) in [5.41, 5.74) is 0.653. The minimum absolute atomic E-state index is 0.321. The first-order valence-electron chi connectivity index (χ1n) is 5.98. The number of aliphatic hydroxyl groups is 1. The highest BCUT2D eigenvalue weighted by atomic mass is 16.6. The number of carbonyl (C=O) groups excluding carboxylic acids is 1. The first-order valence-corrected chi connectivity index (χ1v) is 5.98. The third kappa shape index (κ3) is 3.19. The van der Waals surface area contributed by atoms with E-state index in [9.17, 15) is 9.90 Å². The fraction of sp³-hybridized carbons (Fsp3) is 0.643. The van der Waals surface area contributed by atoms with Gasteiger partial charge >= 0.3 is 5.97 Å². The second kappa shape index (κ2) is 5.05. The van der Waals surface area contributed by atoms with Gasteiger partial charge in [0.15, 0.2) is 0 Å². The van der Waals surface area contributed by atoms with Crippen LogP contribution < -0.4 is 0 Å². The molecule has 3 atom stereocenters. The number of rotatable bonds is 3. The number of esters is 1. The lowest BCUT2D eigenvalue weighted by atomic mass is 9.75. The van der Waals surface area contributed by atoms with Crippen LogP contribution in [0.4, 0.5) is 0 Å². The van der Waals surface area contributed by atoms with Crippen molar-refractivity contribution in [2.75, 3.05) is 0 Å². The fourth-order valence-corrected chi connectivity index (χ4v) is 2.13. The monoisotopic (exact) mass is 238 g/mol. The summed E-state index contributed by atoms with van der Waals surface area (Å²) in [5, 5.41) is 10.1. The van der Waals surface area contributed by atoms with Crippen LogP contribution in [0.25, 0.3) is 0 Å². The van der Waals surface area contributed by atoms with E-state index in [1.165, 1.54) is 0 Å². The molecular formula is C14H22O3. The Morgan fingerprint density at radius 3 is 2.41 bits per heavy atom. The number of allylic oxidation sites excluding steroid dienone is 1. The molecule has 1 aliphatic rings. The molecule has 0 bridgehead atoms. The standard InChI is InChI=1S/C14H22O3/c1-9(2)11-6-7-14(5,12(15)8-11)17-13(16)10(3)4/h11-12,15H,1,3,6-8H2,2,4-5H3. The molecule has 0 aromatic carbocycles. The molecule has 0 heterocycles. The van der Waals surface area contributed by atoms with Crippen LogP contribution in [0.1, 0.15) is 40.0 Å². The Morgan fingerprint density at radius 2 is 2.00 bits per heavy atom. The van der Waals surface area contributed by atoms with Gasteiger partial charge in [0.25, 0.3) is 0 Å². The average Bonchev–Trinajstić information content (AvgIpc) is 2.21. The van der Waals surface area contributed by atoms with Crippen molar-refractivity contribution in [2.24, 2.45) is 5.92 Å². The van der Waals surface area contributed by atoms with Gasteiger partial charge in [0.05, 0.1) is 6.10 Å². The molecule has 0 aromatic heterocycles. The lowest BCUT2D eigenvalue weighted by Gasteiger charge is -2.41. The summed E-state index contributed by atoms with van der Waals surface area (Å²) >= 11 is 0. The zero-order valence-electron chi connectivity index (χ0n) is 11.0. The molecule has 0 spiro atoms. The molecule has 3 unspecified atom stereocenters. The van der Waals surface area contributed by atoms with E-state index in [0.717, 1.165) is 12.0 Å². The van der Waals surface area contributed by atoms with Crippen LogP contribution >= 0.6 is 0 Å². The molecule has 0 aromatic rings. The van der Waals surface area contributed by atoms with Crippen LogP contribution in [0, 0.1) is 5.92 Å². The zero-order valence-corrected chi connectivity index (χ0v) is 11.0. The van der Waals surface area contributed by atoms with Gasteiger partial charge in [0.2, 0.25) is 0 Å². The van der Waals surface area contributed by atoms with Crippen LogP contribution in [-0.2, 0) is 9.53 Å². The normalized spacial score (nSPS) is 32.9. The summed E-state index contributed by atoms with van der Waals surface area (Å²) < 4.78 is 5.36. The van der Waals surface area contributed by atoms with E-state index in [-0.39, 0.29) is 0 Å². The first kappa shape index (κ1) is 14.0. The highest BCUT2D eigenvalue weighted by Gasteiger charge is 2.42. The van der Waals surface area contributed by atoms with Gasteiger partial charge in [-0.25, -0.2) is 4.79 Å². The zero-order chi connectivity index (χ0) is 13.2. The van der Waals surface area contributed by atoms with E-state index >= 15 is 0 Å². The molecule has 96 valence electrons. The van der Waals surface area contributed by atoms with Gasteiger partial charge in [0, 0.05) is 5.57 Å². The Balaban J connectivity index is 2.69. The van der Waals surface area contributed by atoms with Crippen LogP contribution in [0.2, 0.25) is 0 Å². The number of hydrogen-bond acceptors (Lipinski definition) is 3. The highest BCUT2D eigenvalue weighted by molar-refractivity contribution is 5.87. The summed E-state index contributed by atoms with van der Waals surface area (Å²) in [6.45, 7) is 12.8. The van der Waals surface area contributed by atoms with Gasteiger partial charge in [-0.15, -0.1) is 0 Å². The lowest BCUT2D eigenvalue weighted by molar-refractivity contribution is -0.173. The molecule has 3 nitrogen and oxygen atoms in total. The van der Waals surface area contributed by atoms with E-state index in [4.69, 9.17) is 4.74 Å². The Bertz CT molecular complexity index is 345. The van der Waals surface area contributed by atoms with Crippen molar-refractivity contribution in [3.8, 4) is 0 Å². The van der Waals surface area contributed by atoms with Crippen LogP contribution in [0.3, 0.4) is 0 Å². The van der Waals surface area contributed by atoms with Crippen LogP contribution in [0.15, 0.2) is 24.3 Å². The van der Waals surface area contributed by atoms with Crippen molar-refractivity contribution in [3.05, 3.63) is 24.3 Å². The highest BCUT2D eigenvalue weighted by Crippen LogP contribution is 2.37. The number of aliphatic hydroxyl groups excluding tert-OH is 1. The summed E-state index contributed by atoms with van der Waals surface area (Å²) in [7, 11) is 0. The Kier molecular flexibility index (Phi) is 4.15. The largest absolute Gasteiger partial charge is 0.453 e. The van der Waals surface area contributed by atoms with E-state index in [2.05, 4.69) is 13.2 Å².